The van der Waals surface area contributed by atoms with Crippen LogP contribution in [0.4, 0.5) is 0 Å². The number of carbonyl (C=O) groups is 2. The second-order valence-corrected chi connectivity index (χ2v) is 5.34. The lowest BCUT2D eigenvalue weighted by Gasteiger charge is -1.94. The predicted octanol–water partition coefficient (Wildman–Crippen LogP) is 3.91. The smallest absolute Gasteiger partial charge is 0.163 e. The van der Waals surface area contributed by atoms with Gasteiger partial charge in [0.2, 0.25) is 0 Å². The number of allylic oxidation sites excluding steroid dienone is 4. The SMILES string of the molecule is O=C(C=CC=Cc1ccc(O)cc1)CC(=O)C=Cc1ccc(O)cc1. The van der Waals surface area contributed by atoms with Gasteiger partial charge in [0.1, 0.15) is 11.5 Å². The molecule has 2 rings (SSSR count). The average molecular weight is 334 g/mol. The van der Waals surface area contributed by atoms with Crippen LogP contribution in [0.5, 0.6) is 11.5 Å². The second kappa shape index (κ2) is 9.03. The summed E-state index contributed by atoms with van der Waals surface area (Å²) in [6.07, 6.45) is 9.16. The minimum Gasteiger partial charge on any atom is -0.508 e. The molecule has 0 aliphatic heterocycles. The van der Waals surface area contributed by atoms with Crippen molar-refractivity contribution in [3.05, 3.63) is 84.0 Å². The van der Waals surface area contributed by atoms with Gasteiger partial charge in [-0.2, -0.15) is 0 Å². The van der Waals surface area contributed by atoms with Crippen LogP contribution in [0.25, 0.3) is 12.2 Å². The van der Waals surface area contributed by atoms with Gasteiger partial charge < -0.3 is 10.2 Å². The van der Waals surface area contributed by atoms with Crippen LogP contribution in [0.2, 0.25) is 0 Å². The highest BCUT2D eigenvalue weighted by atomic mass is 16.3. The van der Waals surface area contributed by atoms with Crippen molar-refractivity contribution in [1.82, 2.24) is 0 Å². The summed E-state index contributed by atoms with van der Waals surface area (Å²) < 4.78 is 0. The lowest BCUT2D eigenvalue weighted by molar-refractivity contribution is -0.121. The van der Waals surface area contributed by atoms with Gasteiger partial charge in [0.25, 0.3) is 0 Å². The number of carbonyl (C=O) groups excluding carboxylic acids is 2. The van der Waals surface area contributed by atoms with Crippen molar-refractivity contribution in [3.63, 3.8) is 0 Å². The molecule has 25 heavy (non-hydrogen) atoms. The number of hydrogen-bond donors (Lipinski definition) is 2. The Labute approximate surface area is 146 Å². The number of aromatic hydroxyl groups is 2. The summed E-state index contributed by atoms with van der Waals surface area (Å²) in [5.74, 6) is -0.216. The van der Waals surface area contributed by atoms with Crippen molar-refractivity contribution in [3.8, 4) is 11.5 Å². The van der Waals surface area contributed by atoms with Gasteiger partial charge in [-0.25, -0.2) is 0 Å². The normalized spacial score (nSPS) is 11.5. The molecule has 4 nitrogen and oxygen atoms in total. The molecule has 0 saturated heterocycles. The Morgan fingerprint density at radius 1 is 0.680 bits per heavy atom. The van der Waals surface area contributed by atoms with E-state index in [1.807, 2.05) is 0 Å². The van der Waals surface area contributed by atoms with Crippen LogP contribution in [0.1, 0.15) is 17.5 Å². The molecule has 2 aromatic rings. The fourth-order valence-corrected chi connectivity index (χ4v) is 1.98. The highest BCUT2D eigenvalue weighted by Gasteiger charge is 2.02. The van der Waals surface area contributed by atoms with E-state index < -0.39 is 0 Å². The fraction of sp³-hybridized carbons (Fsp3) is 0.0476. The molecule has 0 aromatic heterocycles. The zero-order chi connectivity index (χ0) is 18.1. The van der Waals surface area contributed by atoms with Crippen molar-refractivity contribution >= 4 is 23.7 Å². The molecule has 4 heteroatoms. The summed E-state index contributed by atoms with van der Waals surface area (Å²) in [7, 11) is 0. The number of phenols is 2. The van der Waals surface area contributed by atoms with E-state index in [0.29, 0.717) is 0 Å². The molecular weight excluding hydrogens is 316 g/mol. The van der Waals surface area contributed by atoms with Crippen LogP contribution in [0.15, 0.2) is 72.8 Å². The van der Waals surface area contributed by atoms with Gasteiger partial charge in [-0.05, 0) is 47.5 Å². The van der Waals surface area contributed by atoms with Crippen molar-refractivity contribution in [2.75, 3.05) is 0 Å². The maximum atomic E-state index is 11.7. The molecule has 0 unspecified atom stereocenters. The Morgan fingerprint density at radius 3 is 1.72 bits per heavy atom. The van der Waals surface area contributed by atoms with E-state index in [1.54, 1.807) is 60.7 Å². The summed E-state index contributed by atoms with van der Waals surface area (Å²) in [5, 5.41) is 18.4. The first-order valence-electron chi connectivity index (χ1n) is 7.69. The largest absolute Gasteiger partial charge is 0.508 e. The van der Waals surface area contributed by atoms with Gasteiger partial charge in [-0.3, -0.25) is 9.59 Å². The Hall–Kier alpha value is -3.40. The van der Waals surface area contributed by atoms with Gasteiger partial charge >= 0.3 is 0 Å². The van der Waals surface area contributed by atoms with Crippen LogP contribution in [0, 0.1) is 0 Å². The average Bonchev–Trinajstić information content (AvgIpc) is 2.60. The molecule has 0 saturated carbocycles. The molecule has 0 aliphatic carbocycles. The Kier molecular flexibility index (Phi) is 6.48. The van der Waals surface area contributed by atoms with Crippen molar-refractivity contribution in [1.29, 1.82) is 0 Å². The maximum Gasteiger partial charge on any atom is 0.163 e. The van der Waals surface area contributed by atoms with Crippen LogP contribution in [-0.4, -0.2) is 21.8 Å². The van der Waals surface area contributed by atoms with Gasteiger partial charge in [0.15, 0.2) is 11.6 Å². The molecule has 0 spiro atoms. The molecular formula is C21H18O4. The molecule has 0 aliphatic rings. The Bertz CT molecular complexity index is 810. The third-order valence-electron chi connectivity index (χ3n) is 3.28. The highest BCUT2D eigenvalue weighted by molar-refractivity contribution is 6.09. The van der Waals surface area contributed by atoms with Crippen molar-refractivity contribution in [2.45, 2.75) is 6.42 Å². The lowest BCUT2D eigenvalue weighted by Crippen LogP contribution is -2.01. The molecule has 0 bridgehead atoms. The third-order valence-corrected chi connectivity index (χ3v) is 3.28. The van der Waals surface area contributed by atoms with Gasteiger partial charge in [0, 0.05) is 0 Å². The minimum atomic E-state index is -0.287. The second-order valence-electron chi connectivity index (χ2n) is 5.34. The number of rotatable bonds is 7. The summed E-state index contributed by atoms with van der Waals surface area (Å²) in [6.45, 7) is 0. The molecule has 0 fully saturated rings. The first-order valence-corrected chi connectivity index (χ1v) is 7.69. The monoisotopic (exact) mass is 334 g/mol. The van der Waals surface area contributed by atoms with Crippen molar-refractivity contribution in [2.24, 2.45) is 0 Å². The number of ketones is 2. The first-order chi connectivity index (χ1) is 12.0. The third kappa shape index (κ3) is 6.71. The zero-order valence-electron chi connectivity index (χ0n) is 13.5. The number of benzene rings is 2. The predicted molar refractivity (Wildman–Crippen MR) is 98.1 cm³/mol. The molecule has 2 aromatic carbocycles. The van der Waals surface area contributed by atoms with Crippen LogP contribution < -0.4 is 0 Å². The van der Waals surface area contributed by atoms with Gasteiger partial charge in [0.05, 0.1) is 6.42 Å². The van der Waals surface area contributed by atoms with Gasteiger partial charge in [-0.15, -0.1) is 0 Å². The Balaban J connectivity index is 1.81. The minimum absolute atomic E-state index is 0.157. The summed E-state index contributed by atoms with van der Waals surface area (Å²) in [5.41, 5.74) is 1.66. The van der Waals surface area contributed by atoms with E-state index in [2.05, 4.69) is 0 Å². The zero-order valence-corrected chi connectivity index (χ0v) is 13.5. The molecule has 0 heterocycles. The van der Waals surface area contributed by atoms with E-state index in [0.717, 1.165) is 11.1 Å². The standard InChI is InChI=1S/C21H18O4/c22-18-10-5-16(6-11-18)3-1-2-4-20(24)15-21(25)14-9-17-7-12-19(23)13-8-17/h1-14,22-23H,15H2. The Morgan fingerprint density at radius 2 is 1.16 bits per heavy atom. The molecule has 126 valence electrons. The van der Waals surface area contributed by atoms with E-state index in [-0.39, 0.29) is 29.5 Å². The summed E-state index contributed by atoms with van der Waals surface area (Å²) >= 11 is 0. The van der Waals surface area contributed by atoms with Crippen molar-refractivity contribution < 1.29 is 19.8 Å². The maximum absolute atomic E-state index is 11.7. The van der Waals surface area contributed by atoms with Gasteiger partial charge in [-0.1, -0.05) is 48.6 Å². The molecule has 2 N–H and O–H groups in total. The van der Waals surface area contributed by atoms with E-state index >= 15 is 0 Å². The van der Waals surface area contributed by atoms with Crippen LogP contribution in [-0.2, 0) is 9.59 Å². The summed E-state index contributed by atoms with van der Waals surface area (Å²) in [6, 6.07) is 13.1. The molecule has 0 amide bonds. The molecule has 0 radical (unpaired) electrons. The van der Waals surface area contributed by atoms with Crippen LogP contribution >= 0.6 is 0 Å². The number of hydrogen-bond acceptors (Lipinski definition) is 4. The number of phenolic OH excluding ortho intramolecular Hbond substituents is 2. The van der Waals surface area contributed by atoms with E-state index in [4.69, 9.17) is 0 Å². The highest BCUT2D eigenvalue weighted by Crippen LogP contribution is 2.11. The van der Waals surface area contributed by atoms with Crippen LogP contribution in [0.3, 0.4) is 0 Å². The molecule has 0 atom stereocenters. The summed E-state index contributed by atoms with van der Waals surface area (Å²) in [4.78, 5) is 23.5. The quantitative estimate of drug-likeness (QED) is 0.457. The fourth-order valence-electron chi connectivity index (χ4n) is 1.98. The topological polar surface area (TPSA) is 74.6 Å². The first kappa shape index (κ1) is 17.9. The lowest BCUT2D eigenvalue weighted by atomic mass is 10.1. The van der Waals surface area contributed by atoms with E-state index in [9.17, 15) is 19.8 Å². The van der Waals surface area contributed by atoms with E-state index in [1.165, 1.54) is 24.3 Å².